The minimum Gasteiger partial charge on any atom is -0.406 e. The van der Waals surface area contributed by atoms with E-state index in [-0.39, 0.29) is 22.1 Å². The molecule has 186 valence electrons. The van der Waals surface area contributed by atoms with Crippen LogP contribution in [-0.2, 0) is 10.0 Å². The van der Waals surface area contributed by atoms with Crippen LogP contribution in [0.5, 0.6) is 5.75 Å². The number of halogens is 3. The molecule has 0 amide bonds. The number of nitrogens with zero attached hydrogens (tertiary/aromatic N) is 5. The Morgan fingerprint density at radius 3 is 2.56 bits per heavy atom. The van der Waals surface area contributed by atoms with E-state index in [9.17, 15) is 21.6 Å². The molecule has 0 spiro atoms. The molecule has 14 heteroatoms. The second kappa shape index (κ2) is 8.78. The highest BCUT2D eigenvalue weighted by Gasteiger charge is 2.39. The molecule has 10 nitrogen and oxygen atoms in total. The van der Waals surface area contributed by atoms with E-state index < -0.39 is 28.2 Å². The van der Waals surface area contributed by atoms with E-state index in [2.05, 4.69) is 35.0 Å². The lowest BCUT2D eigenvalue weighted by atomic mass is 10.1. The van der Waals surface area contributed by atoms with Crippen molar-refractivity contribution in [1.82, 2.24) is 19.9 Å². The number of nitrogens with one attached hydrogen (secondary N) is 2. The van der Waals surface area contributed by atoms with Gasteiger partial charge in [0.25, 0.3) is 10.0 Å². The first-order valence-electron chi connectivity index (χ1n) is 10.7. The fraction of sp³-hybridized carbons (Fsp3) is 0.182. The Balaban J connectivity index is 1.60. The number of aromatic nitrogens is 4. The second-order valence-electron chi connectivity index (χ2n) is 7.68. The normalized spacial score (nSPS) is 15.8. The van der Waals surface area contributed by atoms with Gasteiger partial charge in [0.15, 0.2) is 11.5 Å². The molecule has 0 fully saturated rings. The van der Waals surface area contributed by atoms with Gasteiger partial charge < -0.3 is 15.0 Å². The number of sulfonamides is 1. The summed E-state index contributed by atoms with van der Waals surface area (Å²) in [4.78, 5) is 20.0. The molecule has 3 heterocycles. The van der Waals surface area contributed by atoms with Crippen molar-refractivity contribution in [2.75, 3.05) is 9.62 Å². The number of aliphatic imine (C=N–C) groups is 1. The SMILES string of the molecule is CCC(Nc1ncnc2nc[nH]c12)C1=Nc2ccccc2S(=O)(=O)N1c1ccc(OC(F)(F)F)cc1. The second-order valence-corrected chi connectivity index (χ2v) is 9.43. The van der Waals surface area contributed by atoms with Crippen LogP contribution in [-0.4, -0.2) is 46.6 Å². The number of alkyl halides is 3. The first-order valence-corrected chi connectivity index (χ1v) is 12.1. The molecule has 1 atom stereocenters. The van der Waals surface area contributed by atoms with Gasteiger partial charge in [-0.15, -0.1) is 13.2 Å². The number of ether oxygens (including phenoxy) is 1. The van der Waals surface area contributed by atoms with Gasteiger partial charge in [0.05, 0.1) is 23.7 Å². The molecule has 0 aliphatic carbocycles. The molecule has 4 aromatic rings. The number of imidazole rings is 1. The summed E-state index contributed by atoms with van der Waals surface area (Å²) in [7, 11) is -4.17. The number of hydrogen-bond donors (Lipinski definition) is 2. The first-order chi connectivity index (χ1) is 17.2. The molecular formula is C22H18F3N7O3S. The maximum Gasteiger partial charge on any atom is 0.573 e. The highest BCUT2D eigenvalue weighted by molar-refractivity contribution is 7.93. The number of para-hydroxylation sites is 1. The van der Waals surface area contributed by atoms with Crippen LogP contribution >= 0.6 is 0 Å². The molecule has 0 saturated heterocycles. The number of rotatable bonds is 6. The standard InChI is InChI=1S/C22H18F3N7O3S/c1-2-15(30-20-18-19(27-11-26-18)28-12-29-20)21-31-16-5-3-4-6-17(16)36(33,34)32(21)13-7-9-14(10-8-13)35-22(23,24)25/h3-12,15H,2H2,1H3,(H2,26,27,28,29,30). The van der Waals surface area contributed by atoms with Crippen molar-refractivity contribution in [2.24, 2.45) is 4.99 Å². The van der Waals surface area contributed by atoms with Crippen molar-refractivity contribution >= 4 is 44.2 Å². The fourth-order valence-corrected chi connectivity index (χ4v) is 5.46. The van der Waals surface area contributed by atoms with Gasteiger partial charge in [0.2, 0.25) is 0 Å². The van der Waals surface area contributed by atoms with Gasteiger partial charge in [0.1, 0.15) is 28.3 Å². The lowest BCUT2D eigenvalue weighted by Crippen LogP contribution is -2.48. The minimum absolute atomic E-state index is 0.0304. The third kappa shape index (κ3) is 4.30. The minimum atomic E-state index is -4.88. The van der Waals surface area contributed by atoms with Crippen LogP contribution in [0.2, 0.25) is 0 Å². The Kier molecular flexibility index (Phi) is 5.74. The third-order valence-electron chi connectivity index (χ3n) is 5.39. The van der Waals surface area contributed by atoms with E-state index in [4.69, 9.17) is 0 Å². The Bertz CT molecular complexity index is 1550. The number of fused-ring (bicyclic) bond motifs is 2. The molecule has 2 aromatic heterocycles. The Morgan fingerprint density at radius 1 is 1.08 bits per heavy atom. The predicted molar refractivity (Wildman–Crippen MR) is 126 cm³/mol. The van der Waals surface area contributed by atoms with Crippen LogP contribution in [0.3, 0.4) is 0 Å². The van der Waals surface area contributed by atoms with Gasteiger partial charge in [-0.25, -0.2) is 32.7 Å². The highest BCUT2D eigenvalue weighted by Crippen LogP contribution is 2.37. The number of amidine groups is 1. The smallest absolute Gasteiger partial charge is 0.406 e. The summed E-state index contributed by atoms with van der Waals surface area (Å²) in [5, 5.41) is 3.21. The van der Waals surface area contributed by atoms with E-state index in [1.54, 1.807) is 18.2 Å². The van der Waals surface area contributed by atoms with E-state index in [0.717, 1.165) is 16.4 Å². The van der Waals surface area contributed by atoms with Crippen LogP contribution in [0.1, 0.15) is 13.3 Å². The third-order valence-corrected chi connectivity index (χ3v) is 7.16. The lowest BCUT2D eigenvalue weighted by molar-refractivity contribution is -0.274. The van der Waals surface area contributed by atoms with Crippen molar-refractivity contribution in [3.8, 4) is 5.75 Å². The predicted octanol–water partition coefficient (Wildman–Crippen LogP) is 4.38. The fourth-order valence-electron chi connectivity index (χ4n) is 3.82. The van der Waals surface area contributed by atoms with Crippen LogP contribution in [0.15, 0.2) is 71.1 Å². The zero-order chi connectivity index (χ0) is 25.5. The zero-order valence-electron chi connectivity index (χ0n) is 18.6. The number of aromatic amines is 1. The number of hydrogen-bond acceptors (Lipinski definition) is 8. The molecule has 0 bridgehead atoms. The van der Waals surface area contributed by atoms with Crippen LogP contribution < -0.4 is 14.4 Å². The molecule has 36 heavy (non-hydrogen) atoms. The van der Waals surface area contributed by atoms with Crippen molar-refractivity contribution in [1.29, 1.82) is 0 Å². The molecule has 2 N–H and O–H groups in total. The Morgan fingerprint density at radius 2 is 1.83 bits per heavy atom. The number of H-pyrrole nitrogens is 1. The summed E-state index contributed by atoms with van der Waals surface area (Å²) >= 11 is 0. The van der Waals surface area contributed by atoms with Crippen molar-refractivity contribution in [2.45, 2.75) is 30.6 Å². The van der Waals surface area contributed by atoms with Crippen LogP contribution in [0, 0.1) is 0 Å². The molecule has 0 saturated carbocycles. The summed E-state index contributed by atoms with van der Waals surface area (Å²) in [5.74, 6) is 0.0245. The van der Waals surface area contributed by atoms with Gasteiger partial charge in [-0.1, -0.05) is 19.1 Å². The molecular weight excluding hydrogens is 499 g/mol. The number of benzene rings is 2. The van der Waals surface area contributed by atoms with E-state index >= 15 is 0 Å². The van der Waals surface area contributed by atoms with Crippen molar-refractivity contribution < 1.29 is 26.3 Å². The number of anilines is 2. The topological polar surface area (TPSA) is 125 Å². The lowest BCUT2D eigenvalue weighted by Gasteiger charge is -2.34. The largest absolute Gasteiger partial charge is 0.573 e. The molecule has 1 aliphatic heterocycles. The zero-order valence-corrected chi connectivity index (χ0v) is 19.4. The summed E-state index contributed by atoms with van der Waals surface area (Å²) in [6.45, 7) is 1.83. The average molecular weight is 517 g/mol. The maximum atomic E-state index is 13.7. The highest BCUT2D eigenvalue weighted by atomic mass is 32.2. The molecule has 2 aromatic carbocycles. The van der Waals surface area contributed by atoms with Crippen molar-refractivity contribution in [3.05, 3.63) is 61.2 Å². The van der Waals surface area contributed by atoms with E-state index in [1.807, 2.05) is 6.92 Å². The Labute approximate surface area is 202 Å². The van der Waals surface area contributed by atoms with Crippen LogP contribution in [0.4, 0.5) is 30.4 Å². The maximum absolute atomic E-state index is 13.7. The van der Waals surface area contributed by atoms with Gasteiger partial charge in [-0.2, -0.15) is 0 Å². The van der Waals surface area contributed by atoms with Gasteiger partial charge in [0, 0.05) is 0 Å². The average Bonchev–Trinajstić information content (AvgIpc) is 3.32. The quantitative estimate of drug-likeness (QED) is 0.389. The van der Waals surface area contributed by atoms with Gasteiger partial charge in [-0.05, 0) is 42.8 Å². The van der Waals surface area contributed by atoms with Gasteiger partial charge in [-0.3, -0.25) is 0 Å². The molecule has 5 rings (SSSR count). The summed E-state index contributed by atoms with van der Waals surface area (Å²) < 4.78 is 70.3. The van der Waals surface area contributed by atoms with Gasteiger partial charge >= 0.3 is 6.36 Å². The first kappa shape index (κ1) is 23.5. The van der Waals surface area contributed by atoms with E-state index in [0.29, 0.717) is 23.4 Å². The molecule has 1 aliphatic rings. The summed E-state index contributed by atoms with van der Waals surface area (Å²) in [5.41, 5.74) is 1.28. The van der Waals surface area contributed by atoms with E-state index in [1.165, 1.54) is 30.9 Å². The van der Waals surface area contributed by atoms with Crippen molar-refractivity contribution in [3.63, 3.8) is 0 Å². The van der Waals surface area contributed by atoms with Crippen LogP contribution in [0.25, 0.3) is 11.2 Å². The summed E-state index contributed by atoms with van der Waals surface area (Å²) in [6, 6.07) is 10.1. The Hall–Kier alpha value is -4.20. The summed E-state index contributed by atoms with van der Waals surface area (Å²) in [6.07, 6.45) is -1.70. The molecule has 1 unspecified atom stereocenters. The monoisotopic (exact) mass is 517 g/mol. The molecule has 0 radical (unpaired) electrons.